The summed E-state index contributed by atoms with van der Waals surface area (Å²) in [7, 11) is 0. The normalized spacial score (nSPS) is 11.8. The minimum Gasteiger partial charge on any atom is -0.490 e. The molecule has 0 radical (unpaired) electrons. The van der Waals surface area contributed by atoms with Gasteiger partial charge in [-0.05, 0) is 83.9 Å². The molecule has 1 heterocycles. The number of halogens is 4. The van der Waals surface area contributed by atoms with Crippen LogP contribution >= 0.6 is 62.5 Å². The van der Waals surface area contributed by atoms with E-state index in [0.717, 1.165) is 11.3 Å². The van der Waals surface area contributed by atoms with Gasteiger partial charge in [0.2, 0.25) is 6.54 Å². The van der Waals surface area contributed by atoms with E-state index in [1.165, 1.54) is 11.8 Å². The average molecular weight is 673 g/mol. The summed E-state index contributed by atoms with van der Waals surface area (Å²) in [5.41, 5.74) is 2.20. The van der Waals surface area contributed by atoms with Gasteiger partial charge in [-0.2, -0.15) is 0 Å². The van der Waals surface area contributed by atoms with Crippen molar-refractivity contribution in [3.63, 3.8) is 0 Å². The van der Waals surface area contributed by atoms with Crippen molar-refractivity contribution in [2.75, 3.05) is 13.2 Å². The van der Waals surface area contributed by atoms with Gasteiger partial charge in [-0.15, -0.1) is 10.2 Å². The predicted molar refractivity (Wildman–Crippen MR) is 158 cm³/mol. The molecule has 0 unspecified atom stereocenters. The van der Waals surface area contributed by atoms with Crippen LogP contribution in [0.25, 0.3) is 5.69 Å². The molecule has 1 aromatic heterocycles. The van der Waals surface area contributed by atoms with Gasteiger partial charge in [0.15, 0.2) is 16.7 Å². The summed E-state index contributed by atoms with van der Waals surface area (Å²) in [6, 6.07) is 15.9. The molecular weight excluding hydrogens is 651 g/mol. The summed E-state index contributed by atoms with van der Waals surface area (Å²) < 4.78 is 14.4. The smallest absolute Gasteiger partial charge is 0.220 e. The van der Waals surface area contributed by atoms with Crippen LogP contribution in [0.1, 0.15) is 29.1 Å². The van der Waals surface area contributed by atoms with E-state index in [4.69, 9.17) is 44.3 Å². The van der Waals surface area contributed by atoms with E-state index >= 15 is 0 Å². The molecule has 204 valence electrons. The Hall–Kier alpha value is -2.50. The van der Waals surface area contributed by atoms with Gasteiger partial charge in [0.1, 0.15) is 17.7 Å². The van der Waals surface area contributed by atoms with Gasteiger partial charge < -0.3 is 9.47 Å². The fourth-order valence-corrected chi connectivity index (χ4v) is 6.06. The first-order valence-electron chi connectivity index (χ1n) is 11.7. The molecule has 0 amide bonds. The van der Waals surface area contributed by atoms with Crippen LogP contribution in [0.15, 0.2) is 64.2 Å². The molecule has 39 heavy (non-hydrogen) atoms. The fraction of sp³-hybridized carbons (Fsp3) is 0.231. The highest BCUT2D eigenvalue weighted by Crippen LogP contribution is 2.43. The van der Waals surface area contributed by atoms with Gasteiger partial charge in [0.05, 0.1) is 11.1 Å². The van der Waals surface area contributed by atoms with Gasteiger partial charge in [-0.1, -0.05) is 52.6 Å². The van der Waals surface area contributed by atoms with Crippen molar-refractivity contribution in [2.24, 2.45) is 0 Å². The van der Waals surface area contributed by atoms with Crippen LogP contribution in [0.2, 0.25) is 15.1 Å². The maximum Gasteiger partial charge on any atom is 0.220 e. The van der Waals surface area contributed by atoms with E-state index in [1.54, 1.807) is 42.5 Å². The molecule has 0 aliphatic carbocycles. The van der Waals surface area contributed by atoms with Crippen LogP contribution in [-0.2, 0) is 6.61 Å². The molecule has 0 bridgehead atoms. The highest BCUT2D eigenvalue weighted by atomic mass is 79.9. The standard InChI is InChI=1S/C26H22BrCl3N4O4S/c1-3-37-23-11-17(10-21(27)25(23)38-14-16-4-5-19(29)12-22(16)30)24(13-33(35)36)39-26-32-31-15(2)34(26)20-8-6-18(28)7-9-20/h4-12,24H,3,13-14H2,1-2H3/t24-/m0/s1. The Morgan fingerprint density at radius 3 is 2.44 bits per heavy atom. The molecule has 0 spiro atoms. The number of hydrogen-bond acceptors (Lipinski definition) is 7. The van der Waals surface area contributed by atoms with Crippen LogP contribution in [0.3, 0.4) is 0 Å². The van der Waals surface area contributed by atoms with Gasteiger partial charge in [-0.3, -0.25) is 14.7 Å². The summed E-state index contributed by atoms with van der Waals surface area (Å²) in [5.74, 6) is 1.54. The molecule has 3 aromatic carbocycles. The van der Waals surface area contributed by atoms with Crippen molar-refractivity contribution in [3.8, 4) is 17.2 Å². The Kier molecular flexibility index (Phi) is 10.0. The molecule has 0 N–H and O–H groups in total. The number of thioether (sulfide) groups is 1. The van der Waals surface area contributed by atoms with Gasteiger partial charge >= 0.3 is 0 Å². The Labute approximate surface area is 252 Å². The first kappa shape index (κ1) is 29.5. The zero-order valence-corrected chi connectivity index (χ0v) is 25.4. The molecule has 13 heteroatoms. The molecule has 0 saturated heterocycles. The third-order valence-electron chi connectivity index (χ3n) is 5.53. The largest absolute Gasteiger partial charge is 0.490 e. The summed E-state index contributed by atoms with van der Waals surface area (Å²) in [6.07, 6.45) is 0. The van der Waals surface area contributed by atoms with E-state index in [9.17, 15) is 10.1 Å². The predicted octanol–water partition coefficient (Wildman–Crippen LogP) is 8.39. The van der Waals surface area contributed by atoms with E-state index in [-0.39, 0.29) is 18.1 Å². The number of aromatic nitrogens is 3. The second-order valence-electron chi connectivity index (χ2n) is 8.25. The van der Waals surface area contributed by atoms with Crippen molar-refractivity contribution in [1.29, 1.82) is 0 Å². The Balaban J connectivity index is 1.67. The number of ether oxygens (including phenoxy) is 2. The van der Waals surface area contributed by atoms with Gasteiger partial charge in [0.25, 0.3) is 0 Å². The monoisotopic (exact) mass is 670 g/mol. The van der Waals surface area contributed by atoms with Crippen molar-refractivity contribution >= 4 is 62.5 Å². The third kappa shape index (κ3) is 7.37. The number of hydrogen-bond donors (Lipinski definition) is 0. The second kappa shape index (κ2) is 13.2. The SMILES string of the molecule is CCOc1cc([C@H](C[N+](=O)[O-])Sc2nnc(C)n2-c2ccc(Cl)cc2)cc(Br)c1OCc1ccc(Cl)cc1Cl. The molecule has 0 fully saturated rings. The van der Waals surface area contributed by atoms with Gasteiger partial charge in [0, 0.05) is 31.2 Å². The van der Waals surface area contributed by atoms with Crippen molar-refractivity contribution in [1.82, 2.24) is 14.8 Å². The topological polar surface area (TPSA) is 92.3 Å². The summed E-state index contributed by atoms with van der Waals surface area (Å²) in [4.78, 5) is 11.3. The van der Waals surface area contributed by atoms with E-state index < -0.39 is 5.25 Å². The lowest BCUT2D eigenvalue weighted by atomic mass is 10.1. The lowest BCUT2D eigenvalue weighted by Crippen LogP contribution is -2.12. The third-order valence-corrected chi connectivity index (χ3v) is 8.14. The van der Waals surface area contributed by atoms with E-state index in [1.807, 2.05) is 30.5 Å². The van der Waals surface area contributed by atoms with Crippen molar-refractivity contribution in [2.45, 2.75) is 30.9 Å². The summed E-state index contributed by atoms with van der Waals surface area (Å²) in [6.45, 7) is 3.85. The molecule has 4 rings (SSSR count). The first-order valence-corrected chi connectivity index (χ1v) is 14.5. The Bertz CT molecular complexity index is 1490. The minimum atomic E-state index is -0.607. The molecule has 0 aliphatic heterocycles. The minimum absolute atomic E-state index is 0.171. The fourth-order valence-electron chi connectivity index (χ4n) is 3.75. The quantitative estimate of drug-likeness (QED) is 0.0898. The molecule has 4 aromatic rings. The zero-order valence-electron chi connectivity index (χ0n) is 20.7. The lowest BCUT2D eigenvalue weighted by Gasteiger charge is -2.19. The number of nitrogens with zero attached hydrogens (tertiary/aromatic N) is 4. The molecule has 0 saturated carbocycles. The molecule has 8 nitrogen and oxygen atoms in total. The number of rotatable bonds is 11. The summed E-state index contributed by atoms with van der Waals surface area (Å²) >= 11 is 23.2. The molecular formula is C26H22BrCl3N4O4S. The summed E-state index contributed by atoms with van der Waals surface area (Å²) in [5, 5.41) is 21.7. The lowest BCUT2D eigenvalue weighted by molar-refractivity contribution is -0.479. The van der Waals surface area contributed by atoms with Crippen LogP contribution < -0.4 is 9.47 Å². The van der Waals surface area contributed by atoms with Crippen molar-refractivity contribution < 1.29 is 14.4 Å². The Morgan fingerprint density at radius 1 is 1.05 bits per heavy atom. The molecule has 1 atom stereocenters. The second-order valence-corrected chi connectivity index (χ2v) is 11.6. The van der Waals surface area contributed by atoms with Crippen LogP contribution in [0.4, 0.5) is 0 Å². The average Bonchev–Trinajstić information content (AvgIpc) is 3.24. The first-order chi connectivity index (χ1) is 18.7. The highest BCUT2D eigenvalue weighted by molar-refractivity contribution is 9.10. The number of aryl methyl sites for hydroxylation is 1. The highest BCUT2D eigenvalue weighted by Gasteiger charge is 2.26. The Morgan fingerprint density at radius 2 is 1.77 bits per heavy atom. The number of nitro groups is 1. The molecule has 0 aliphatic rings. The maximum atomic E-state index is 11.7. The van der Waals surface area contributed by atoms with Crippen LogP contribution in [0, 0.1) is 17.0 Å². The van der Waals surface area contributed by atoms with Crippen LogP contribution in [-0.4, -0.2) is 32.8 Å². The number of benzene rings is 3. The maximum absolute atomic E-state index is 11.7. The zero-order chi connectivity index (χ0) is 28.1. The van der Waals surface area contributed by atoms with E-state index in [0.29, 0.717) is 54.2 Å². The van der Waals surface area contributed by atoms with Crippen molar-refractivity contribution in [3.05, 3.63) is 101 Å². The van der Waals surface area contributed by atoms with E-state index in [2.05, 4.69) is 26.1 Å². The van der Waals surface area contributed by atoms with Gasteiger partial charge in [-0.25, -0.2) is 0 Å². The van der Waals surface area contributed by atoms with Crippen LogP contribution in [0.5, 0.6) is 11.5 Å².